The van der Waals surface area contributed by atoms with Crippen LogP contribution in [0.5, 0.6) is 5.75 Å². The largest absolute Gasteiger partial charge is 0.379 e. The van der Waals surface area contributed by atoms with Gasteiger partial charge in [-0.15, -0.1) is 0 Å². The van der Waals surface area contributed by atoms with Crippen LogP contribution in [-0.2, 0) is 14.9 Å². The van der Waals surface area contributed by atoms with E-state index in [1.165, 1.54) is 47.1 Å². The molecular formula is C21H18N4O4S2. The highest BCUT2D eigenvalue weighted by Gasteiger charge is 2.35. The van der Waals surface area contributed by atoms with Gasteiger partial charge in [0, 0.05) is 0 Å². The Bertz CT molecular complexity index is 1260. The first-order chi connectivity index (χ1) is 14.8. The van der Waals surface area contributed by atoms with Crippen LogP contribution in [0.3, 0.4) is 0 Å². The molecule has 0 bridgehead atoms. The molecule has 2 aliphatic heterocycles. The van der Waals surface area contributed by atoms with Crippen LogP contribution in [-0.4, -0.2) is 35.4 Å². The fraction of sp³-hybridized carbons (Fsp3) is 0.143. The van der Waals surface area contributed by atoms with Crippen LogP contribution >= 0.6 is 11.8 Å². The minimum atomic E-state index is -3.95. The Kier molecular flexibility index (Phi) is 5.50. The predicted octanol–water partition coefficient (Wildman–Crippen LogP) is 3.79. The molecule has 31 heavy (non-hydrogen) atoms. The van der Waals surface area contributed by atoms with Crippen molar-refractivity contribution in [1.29, 1.82) is 5.41 Å². The molecular weight excluding hydrogens is 436 g/mol. The van der Waals surface area contributed by atoms with Crippen LogP contribution in [0.15, 0.2) is 69.1 Å². The van der Waals surface area contributed by atoms with E-state index in [-0.39, 0.29) is 22.1 Å². The van der Waals surface area contributed by atoms with Gasteiger partial charge in [0.15, 0.2) is 5.84 Å². The molecule has 0 saturated carbocycles. The lowest BCUT2D eigenvalue weighted by molar-refractivity contribution is -0.114. The third-order valence-electron chi connectivity index (χ3n) is 4.51. The smallest absolute Gasteiger partial charge is 0.339 e. The highest BCUT2D eigenvalue weighted by Crippen LogP contribution is 2.29. The topological polar surface area (TPSA) is 112 Å². The van der Waals surface area contributed by atoms with Gasteiger partial charge in [-0.1, -0.05) is 36.8 Å². The zero-order valence-electron chi connectivity index (χ0n) is 16.7. The molecule has 0 atom stereocenters. The Balaban J connectivity index is 1.54. The zero-order valence-corrected chi connectivity index (χ0v) is 18.3. The summed E-state index contributed by atoms with van der Waals surface area (Å²) in [5.74, 6) is -0.423. The van der Waals surface area contributed by atoms with Gasteiger partial charge in [-0.25, -0.2) is 0 Å². The molecule has 0 radical (unpaired) electrons. The molecule has 0 saturated heterocycles. The van der Waals surface area contributed by atoms with Crippen molar-refractivity contribution in [1.82, 2.24) is 5.01 Å². The van der Waals surface area contributed by atoms with Crippen molar-refractivity contribution in [3.05, 3.63) is 65.2 Å². The number of hydrogen-bond donors (Lipinski definition) is 1. The van der Waals surface area contributed by atoms with E-state index in [1.807, 2.05) is 13.8 Å². The summed E-state index contributed by atoms with van der Waals surface area (Å²) in [5.41, 5.74) is 1.64. The van der Waals surface area contributed by atoms with Gasteiger partial charge in [0.1, 0.15) is 15.7 Å². The second kappa shape index (κ2) is 8.12. The number of carbonyl (C=O) groups is 1. The quantitative estimate of drug-likeness (QED) is 0.543. The van der Waals surface area contributed by atoms with Crippen molar-refractivity contribution in [3.63, 3.8) is 0 Å². The van der Waals surface area contributed by atoms with Gasteiger partial charge in [-0.3, -0.25) is 10.2 Å². The Labute approximate surface area is 184 Å². The lowest BCUT2D eigenvalue weighted by atomic mass is 10.1. The van der Waals surface area contributed by atoms with E-state index in [0.29, 0.717) is 17.2 Å². The summed E-state index contributed by atoms with van der Waals surface area (Å²) in [6.07, 6.45) is 2.21. The lowest BCUT2D eigenvalue weighted by Crippen LogP contribution is -2.35. The molecule has 158 valence electrons. The van der Waals surface area contributed by atoms with E-state index in [0.717, 1.165) is 10.6 Å². The van der Waals surface area contributed by atoms with Gasteiger partial charge >= 0.3 is 10.1 Å². The molecule has 0 fully saturated rings. The molecule has 0 spiro atoms. The van der Waals surface area contributed by atoms with Crippen LogP contribution in [0.1, 0.15) is 24.5 Å². The number of amidine groups is 2. The van der Waals surface area contributed by atoms with Crippen LogP contribution in [0.2, 0.25) is 0 Å². The van der Waals surface area contributed by atoms with E-state index in [1.54, 1.807) is 24.3 Å². The minimum absolute atomic E-state index is 0.0479. The summed E-state index contributed by atoms with van der Waals surface area (Å²) < 4.78 is 30.0. The second-order valence-electron chi connectivity index (χ2n) is 6.79. The van der Waals surface area contributed by atoms with Crippen molar-refractivity contribution < 1.29 is 17.4 Å². The maximum absolute atomic E-state index is 12.4. The molecule has 2 aromatic carbocycles. The number of hydrazone groups is 1. The summed E-state index contributed by atoms with van der Waals surface area (Å²) in [6, 6.07) is 12.6. The van der Waals surface area contributed by atoms with Crippen molar-refractivity contribution in [2.45, 2.75) is 25.2 Å². The molecule has 2 aliphatic rings. The highest BCUT2D eigenvalue weighted by atomic mass is 32.2. The Morgan fingerprint density at radius 2 is 1.81 bits per heavy atom. The predicted molar refractivity (Wildman–Crippen MR) is 121 cm³/mol. The highest BCUT2D eigenvalue weighted by molar-refractivity contribution is 8.26. The van der Waals surface area contributed by atoms with E-state index < -0.39 is 16.0 Å². The van der Waals surface area contributed by atoms with E-state index in [4.69, 9.17) is 9.59 Å². The van der Waals surface area contributed by atoms with Crippen molar-refractivity contribution >= 4 is 49.9 Å². The van der Waals surface area contributed by atoms with Crippen molar-refractivity contribution in [2.75, 3.05) is 0 Å². The average molecular weight is 455 g/mol. The van der Waals surface area contributed by atoms with Gasteiger partial charge in [0.2, 0.25) is 5.17 Å². The second-order valence-corrected chi connectivity index (χ2v) is 9.37. The van der Waals surface area contributed by atoms with E-state index >= 15 is 0 Å². The summed E-state index contributed by atoms with van der Waals surface area (Å²) in [5, 5.41) is 15.1. The fourth-order valence-corrected chi connectivity index (χ4v) is 4.60. The number of aliphatic imine (C=N–C) groups is 1. The first-order valence-electron chi connectivity index (χ1n) is 9.37. The Morgan fingerprint density at radius 1 is 1.13 bits per heavy atom. The Morgan fingerprint density at radius 3 is 2.45 bits per heavy atom. The third kappa shape index (κ3) is 4.30. The maximum Gasteiger partial charge on any atom is 0.339 e. The van der Waals surface area contributed by atoms with Crippen LogP contribution in [0.25, 0.3) is 6.08 Å². The number of thioether (sulfide) groups is 1. The molecule has 2 heterocycles. The van der Waals surface area contributed by atoms with Gasteiger partial charge in [0.05, 0.1) is 5.57 Å². The molecule has 1 N–H and O–H groups in total. The number of nitrogens with one attached hydrogen (secondary N) is 1. The van der Waals surface area contributed by atoms with Gasteiger partial charge < -0.3 is 4.18 Å². The monoisotopic (exact) mass is 454 g/mol. The number of rotatable bonds is 5. The number of amides is 1. The summed E-state index contributed by atoms with van der Waals surface area (Å²) in [4.78, 5) is 16.5. The summed E-state index contributed by atoms with van der Waals surface area (Å²) >= 11 is 1.28. The first-order valence-corrected chi connectivity index (χ1v) is 11.6. The number of benzene rings is 2. The van der Waals surface area contributed by atoms with Crippen LogP contribution < -0.4 is 4.18 Å². The molecule has 0 aliphatic carbocycles. The molecule has 8 nitrogen and oxygen atoms in total. The standard InChI is InChI=1S/C21H18N4O4S2/c1-3-18-24-25-19(22)17(20(26)23-21(25)30-18)12-14-6-8-15(9-7-14)29-31(27,28)16-10-4-13(2)5-11-16/h4-12,22H,3H2,1-2H3/b17-12-,22-19?. The summed E-state index contributed by atoms with van der Waals surface area (Å²) in [7, 11) is -3.95. The maximum atomic E-state index is 12.4. The fourth-order valence-electron chi connectivity index (χ4n) is 2.84. The molecule has 10 heteroatoms. The van der Waals surface area contributed by atoms with Crippen LogP contribution in [0, 0.1) is 12.3 Å². The zero-order chi connectivity index (χ0) is 22.2. The third-order valence-corrected chi connectivity index (χ3v) is 6.82. The molecule has 4 rings (SSSR count). The van der Waals surface area contributed by atoms with Gasteiger partial charge in [0.25, 0.3) is 5.91 Å². The SMILES string of the molecule is CCC1=NN2C(=N)/C(=C/c3ccc(OS(=O)(=O)c4ccc(C)cc4)cc3)C(=O)N=C2S1. The molecule has 1 amide bonds. The summed E-state index contributed by atoms with van der Waals surface area (Å²) in [6.45, 7) is 3.81. The van der Waals surface area contributed by atoms with Crippen molar-refractivity contribution in [3.8, 4) is 5.75 Å². The number of hydrogen-bond acceptors (Lipinski definition) is 7. The lowest BCUT2D eigenvalue weighted by Gasteiger charge is -2.20. The normalized spacial score (nSPS) is 17.5. The Hall–Kier alpha value is -3.24. The number of fused-ring (bicyclic) bond motifs is 1. The van der Waals surface area contributed by atoms with Crippen LogP contribution in [0.4, 0.5) is 0 Å². The first kappa shape index (κ1) is 21.0. The minimum Gasteiger partial charge on any atom is -0.379 e. The molecule has 0 aromatic heterocycles. The van der Waals surface area contributed by atoms with Gasteiger partial charge in [-0.2, -0.15) is 23.5 Å². The van der Waals surface area contributed by atoms with E-state index in [2.05, 4.69) is 10.1 Å². The average Bonchev–Trinajstić information content (AvgIpc) is 3.16. The van der Waals surface area contributed by atoms with E-state index in [9.17, 15) is 13.2 Å². The number of carbonyl (C=O) groups excluding carboxylic acids is 1. The number of nitrogens with zero attached hydrogens (tertiary/aromatic N) is 3. The van der Waals surface area contributed by atoms with Crippen molar-refractivity contribution in [2.24, 2.45) is 10.1 Å². The van der Waals surface area contributed by atoms with Gasteiger partial charge in [-0.05, 0) is 61.0 Å². The molecule has 2 aromatic rings. The number of aryl methyl sites for hydroxylation is 1. The molecule has 0 unspecified atom stereocenters.